The van der Waals surface area contributed by atoms with Crippen molar-refractivity contribution < 1.29 is 24.6 Å². The number of hydrogen-bond acceptors (Lipinski definition) is 4. The van der Waals surface area contributed by atoms with Gasteiger partial charge in [0.1, 0.15) is 6.04 Å². The van der Waals surface area contributed by atoms with Gasteiger partial charge in [0.2, 0.25) is 5.91 Å². The van der Waals surface area contributed by atoms with Crippen LogP contribution in [0.25, 0.3) is 0 Å². The number of carbonyl (C=O) groups excluding carboxylic acids is 1. The second-order valence-corrected chi connectivity index (χ2v) is 2.36. The maximum Gasteiger partial charge on any atom is 0.328 e. The van der Waals surface area contributed by atoms with Crippen molar-refractivity contribution in [2.45, 2.75) is 6.04 Å². The van der Waals surface area contributed by atoms with E-state index >= 15 is 0 Å². The number of nitrogens with one attached hydrogen (secondary N) is 1. The molecule has 0 aliphatic heterocycles. The summed E-state index contributed by atoms with van der Waals surface area (Å²) < 4.78 is 0. The predicted octanol–water partition coefficient (Wildman–Crippen LogP) is -1.84. The average molecular weight is 202 g/mol. The molecule has 14 heavy (non-hydrogen) atoms. The fourth-order valence-electron chi connectivity index (χ4n) is 0.504. The lowest BCUT2D eigenvalue weighted by Crippen LogP contribution is -2.42. The van der Waals surface area contributed by atoms with Gasteiger partial charge in [0, 0.05) is 18.7 Å². The predicted molar refractivity (Wildman–Crippen MR) is 45.4 cm³/mol. The lowest BCUT2D eigenvalue weighted by atomic mass is 10.3. The molecular weight excluding hydrogens is 192 g/mol. The third-order valence-corrected chi connectivity index (χ3v) is 1.19. The quantitative estimate of drug-likeness (QED) is 0.387. The van der Waals surface area contributed by atoms with E-state index in [9.17, 15) is 14.4 Å². The van der Waals surface area contributed by atoms with E-state index in [0.29, 0.717) is 6.08 Å². The van der Waals surface area contributed by atoms with Gasteiger partial charge in [0.15, 0.2) is 0 Å². The topological polar surface area (TPSA) is 130 Å². The van der Waals surface area contributed by atoms with Gasteiger partial charge in [-0.25, -0.2) is 4.79 Å². The lowest BCUT2D eigenvalue weighted by molar-refractivity contribution is -0.138. The van der Waals surface area contributed by atoms with Crippen molar-refractivity contribution in [3.8, 4) is 0 Å². The number of carboxylic acid groups (broad SMARTS) is 2. The van der Waals surface area contributed by atoms with Crippen LogP contribution >= 0.6 is 0 Å². The number of carbonyl (C=O) groups is 3. The minimum Gasteiger partial charge on any atom is -0.480 e. The zero-order chi connectivity index (χ0) is 11.1. The van der Waals surface area contributed by atoms with Gasteiger partial charge in [0.05, 0.1) is 0 Å². The molecule has 0 aromatic carbocycles. The third-order valence-electron chi connectivity index (χ3n) is 1.19. The first kappa shape index (κ1) is 12.1. The molecule has 0 bridgehead atoms. The summed E-state index contributed by atoms with van der Waals surface area (Å²) in [6, 6.07) is -1.20. The largest absolute Gasteiger partial charge is 0.480 e. The van der Waals surface area contributed by atoms with Crippen LogP contribution < -0.4 is 11.1 Å². The molecule has 0 aromatic heterocycles. The summed E-state index contributed by atoms with van der Waals surface area (Å²) in [5.74, 6) is -3.21. The molecular formula is C7H10N2O5. The molecule has 0 saturated carbocycles. The highest BCUT2D eigenvalue weighted by Gasteiger charge is 2.11. The molecule has 78 valence electrons. The molecule has 0 spiro atoms. The van der Waals surface area contributed by atoms with E-state index in [2.05, 4.69) is 5.32 Å². The van der Waals surface area contributed by atoms with Gasteiger partial charge >= 0.3 is 11.9 Å². The maximum atomic E-state index is 10.8. The smallest absolute Gasteiger partial charge is 0.328 e. The van der Waals surface area contributed by atoms with Gasteiger partial charge in [-0.3, -0.25) is 9.59 Å². The van der Waals surface area contributed by atoms with Gasteiger partial charge in [-0.15, -0.1) is 0 Å². The highest BCUT2D eigenvalue weighted by atomic mass is 16.4. The Morgan fingerprint density at radius 1 is 1.29 bits per heavy atom. The number of carboxylic acids is 2. The molecule has 1 unspecified atom stereocenters. The molecule has 0 aliphatic rings. The van der Waals surface area contributed by atoms with Crippen LogP contribution in [-0.2, 0) is 14.4 Å². The highest BCUT2D eigenvalue weighted by Crippen LogP contribution is 1.78. The van der Waals surface area contributed by atoms with Crippen LogP contribution in [-0.4, -0.2) is 40.6 Å². The summed E-state index contributed by atoms with van der Waals surface area (Å²) in [6.07, 6.45) is 1.42. The second-order valence-electron chi connectivity index (χ2n) is 2.36. The average Bonchev–Trinajstić information content (AvgIpc) is 2.10. The van der Waals surface area contributed by atoms with E-state index in [1.54, 1.807) is 0 Å². The molecule has 0 aromatic rings. The fraction of sp³-hybridized carbons (Fsp3) is 0.286. The van der Waals surface area contributed by atoms with Crippen LogP contribution in [0.1, 0.15) is 0 Å². The van der Waals surface area contributed by atoms with E-state index in [1.165, 1.54) is 0 Å². The normalized spacial score (nSPS) is 12.4. The zero-order valence-corrected chi connectivity index (χ0v) is 7.14. The number of rotatable bonds is 5. The molecule has 0 saturated heterocycles. The molecule has 0 fully saturated rings. The van der Waals surface area contributed by atoms with Gasteiger partial charge in [-0.2, -0.15) is 0 Å². The zero-order valence-electron chi connectivity index (χ0n) is 7.14. The van der Waals surface area contributed by atoms with E-state index in [0.717, 1.165) is 6.08 Å². The molecule has 7 heteroatoms. The first-order valence-corrected chi connectivity index (χ1v) is 3.60. The number of nitrogens with two attached hydrogens (primary N) is 1. The first-order chi connectivity index (χ1) is 6.43. The van der Waals surface area contributed by atoms with E-state index in [-0.39, 0.29) is 6.54 Å². The summed E-state index contributed by atoms with van der Waals surface area (Å²) in [5, 5.41) is 18.6. The van der Waals surface area contributed by atoms with Gasteiger partial charge in [-0.1, -0.05) is 0 Å². The minimum atomic E-state index is -1.26. The monoisotopic (exact) mass is 202 g/mol. The molecule has 0 radical (unpaired) electrons. The number of amides is 1. The Balaban J connectivity index is 3.86. The van der Waals surface area contributed by atoms with Crippen molar-refractivity contribution in [2.24, 2.45) is 5.73 Å². The number of aliphatic carboxylic acids is 2. The molecule has 5 N–H and O–H groups in total. The van der Waals surface area contributed by atoms with Crippen LogP contribution in [0.5, 0.6) is 0 Å². The standard InChI is InChI=1S/C7H10N2O5/c8-4(7(13)14)3-9-5(10)1-2-6(11)12/h1-2,4H,3,8H2,(H,9,10)(H,11,12)(H,13,14). The minimum absolute atomic E-state index is 0.252. The molecule has 7 nitrogen and oxygen atoms in total. The molecule has 1 atom stereocenters. The van der Waals surface area contributed by atoms with Crippen molar-refractivity contribution in [3.05, 3.63) is 12.2 Å². The summed E-state index contributed by atoms with van der Waals surface area (Å²) in [7, 11) is 0. The maximum absolute atomic E-state index is 10.8. The summed E-state index contributed by atoms with van der Waals surface area (Å²) in [6.45, 7) is -0.252. The van der Waals surface area contributed by atoms with Crippen LogP contribution in [0.4, 0.5) is 0 Å². The van der Waals surface area contributed by atoms with Gasteiger partial charge in [0.25, 0.3) is 0 Å². The van der Waals surface area contributed by atoms with Crippen LogP contribution in [0.15, 0.2) is 12.2 Å². The van der Waals surface area contributed by atoms with Crippen molar-refractivity contribution in [2.75, 3.05) is 6.54 Å². The van der Waals surface area contributed by atoms with Gasteiger partial charge < -0.3 is 21.3 Å². The van der Waals surface area contributed by atoms with Crippen LogP contribution in [0.3, 0.4) is 0 Å². The molecule has 1 amide bonds. The SMILES string of the molecule is NC(CNC(=O)C=CC(=O)O)C(=O)O. The van der Waals surface area contributed by atoms with Crippen molar-refractivity contribution in [3.63, 3.8) is 0 Å². The van der Waals surface area contributed by atoms with Crippen molar-refractivity contribution >= 4 is 17.8 Å². The lowest BCUT2D eigenvalue weighted by Gasteiger charge is -2.05. The first-order valence-electron chi connectivity index (χ1n) is 3.60. The molecule has 0 heterocycles. The molecule has 0 aliphatic carbocycles. The van der Waals surface area contributed by atoms with E-state index in [4.69, 9.17) is 15.9 Å². The summed E-state index contributed by atoms with van der Waals surface area (Å²) in [5.41, 5.74) is 5.07. The summed E-state index contributed by atoms with van der Waals surface area (Å²) in [4.78, 5) is 30.9. The van der Waals surface area contributed by atoms with Gasteiger partial charge in [-0.05, 0) is 0 Å². The van der Waals surface area contributed by atoms with E-state index < -0.39 is 23.9 Å². The summed E-state index contributed by atoms with van der Waals surface area (Å²) >= 11 is 0. The Morgan fingerprint density at radius 2 is 1.86 bits per heavy atom. The van der Waals surface area contributed by atoms with E-state index in [1.807, 2.05) is 0 Å². The highest BCUT2D eigenvalue weighted by molar-refractivity contribution is 5.94. The van der Waals surface area contributed by atoms with Crippen molar-refractivity contribution in [1.82, 2.24) is 5.32 Å². The molecule has 0 rings (SSSR count). The van der Waals surface area contributed by atoms with Crippen LogP contribution in [0, 0.1) is 0 Å². The van der Waals surface area contributed by atoms with Crippen LogP contribution in [0.2, 0.25) is 0 Å². The second kappa shape index (κ2) is 5.70. The number of hydrogen-bond donors (Lipinski definition) is 4. The Kier molecular flexibility index (Phi) is 4.93. The Hall–Kier alpha value is -1.89. The fourth-order valence-corrected chi connectivity index (χ4v) is 0.504. The Morgan fingerprint density at radius 3 is 2.29 bits per heavy atom. The Labute approximate surface area is 79.2 Å². The van der Waals surface area contributed by atoms with Crippen molar-refractivity contribution in [1.29, 1.82) is 0 Å². The Bertz CT molecular complexity index is 273. The third kappa shape index (κ3) is 5.72.